The Labute approximate surface area is 200 Å². The van der Waals surface area contributed by atoms with Gasteiger partial charge in [0.25, 0.3) is 0 Å². The topological polar surface area (TPSA) is 18.5 Å². The average molecular weight is 441 g/mol. The zero-order chi connectivity index (χ0) is 23.3. The van der Waals surface area contributed by atoms with Gasteiger partial charge in [-0.15, -0.1) is 12.3 Å². The molecule has 0 N–H and O–H groups in total. The van der Waals surface area contributed by atoms with Crippen molar-refractivity contribution < 1.29 is 9.47 Å². The van der Waals surface area contributed by atoms with Crippen molar-refractivity contribution in [2.75, 3.05) is 13.2 Å². The Bertz CT molecular complexity index is 979. The lowest BCUT2D eigenvalue weighted by molar-refractivity contribution is 0.256. The highest BCUT2D eigenvalue weighted by Crippen LogP contribution is 2.27. The van der Waals surface area contributed by atoms with Crippen LogP contribution in [0, 0.1) is 18.3 Å². The summed E-state index contributed by atoms with van der Waals surface area (Å²) in [6, 6.07) is 25.4. The van der Waals surface area contributed by atoms with E-state index in [-0.39, 0.29) is 0 Å². The molecule has 0 aliphatic heterocycles. The molecule has 1 atom stereocenters. The van der Waals surface area contributed by atoms with Crippen molar-refractivity contribution in [2.45, 2.75) is 52.4 Å². The zero-order valence-corrected chi connectivity index (χ0v) is 20.1. The van der Waals surface area contributed by atoms with Crippen molar-refractivity contribution in [1.29, 1.82) is 0 Å². The predicted octanol–water partition coefficient (Wildman–Crippen LogP) is 8.41. The van der Waals surface area contributed by atoms with E-state index in [0.29, 0.717) is 5.92 Å². The third-order valence-electron chi connectivity index (χ3n) is 5.98. The minimum absolute atomic E-state index is 0.576. The number of terminal acetylenes is 1. The van der Waals surface area contributed by atoms with Crippen LogP contribution >= 0.6 is 0 Å². The standard InChI is InChI=1S/C31H36O2/c1-4-6-7-8-9-10-23-32-30-19-15-28(16-20-30)26-11-13-27(14-12-26)29-17-21-31(22-18-29)33-24-25(3)5-2/h1,11-22,25H,5-10,23-24H2,2-3H3/t25-/m0/s1. The van der Waals surface area contributed by atoms with E-state index in [2.05, 4.69) is 92.6 Å². The van der Waals surface area contributed by atoms with E-state index in [0.717, 1.165) is 50.4 Å². The van der Waals surface area contributed by atoms with Crippen LogP contribution in [0.1, 0.15) is 52.4 Å². The molecule has 172 valence electrons. The molecule has 0 unspecified atom stereocenters. The van der Waals surface area contributed by atoms with Crippen LogP contribution in [0.3, 0.4) is 0 Å². The quantitative estimate of drug-likeness (QED) is 0.196. The van der Waals surface area contributed by atoms with Crippen molar-refractivity contribution in [1.82, 2.24) is 0 Å². The predicted molar refractivity (Wildman–Crippen MR) is 140 cm³/mol. The second-order valence-electron chi connectivity index (χ2n) is 8.67. The van der Waals surface area contributed by atoms with Crippen molar-refractivity contribution in [3.8, 4) is 46.1 Å². The number of rotatable bonds is 13. The minimum atomic E-state index is 0.576. The smallest absolute Gasteiger partial charge is 0.119 e. The molecule has 0 spiro atoms. The fourth-order valence-electron chi connectivity index (χ4n) is 3.57. The van der Waals surface area contributed by atoms with Gasteiger partial charge < -0.3 is 9.47 Å². The van der Waals surface area contributed by atoms with Gasteiger partial charge in [-0.25, -0.2) is 0 Å². The van der Waals surface area contributed by atoms with Crippen molar-refractivity contribution in [2.24, 2.45) is 5.92 Å². The highest BCUT2D eigenvalue weighted by atomic mass is 16.5. The normalized spacial score (nSPS) is 11.5. The summed E-state index contributed by atoms with van der Waals surface area (Å²) in [6.45, 7) is 5.92. The highest BCUT2D eigenvalue weighted by Gasteiger charge is 2.04. The molecule has 0 aromatic heterocycles. The van der Waals surface area contributed by atoms with E-state index >= 15 is 0 Å². The number of ether oxygens (including phenoxy) is 2. The van der Waals surface area contributed by atoms with Crippen LogP contribution in [0.25, 0.3) is 22.3 Å². The molecule has 3 rings (SSSR count). The molecule has 2 heteroatoms. The Morgan fingerprint density at radius 2 is 1.12 bits per heavy atom. The molecule has 0 heterocycles. The van der Waals surface area contributed by atoms with Gasteiger partial charge in [-0.2, -0.15) is 0 Å². The number of hydrogen-bond donors (Lipinski definition) is 0. The molecule has 0 aliphatic rings. The second kappa shape index (κ2) is 13.4. The first kappa shape index (κ1) is 24.5. The molecular formula is C31H36O2. The summed E-state index contributed by atoms with van der Waals surface area (Å²) in [5.74, 6) is 5.12. The molecule has 3 aromatic carbocycles. The van der Waals surface area contributed by atoms with Crippen LogP contribution in [0.15, 0.2) is 72.8 Å². The first-order chi connectivity index (χ1) is 16.2. The molecule has 0 aliphatic carbocycles. The summed E-state index contributed by atoms with van der Waals surface area (Å²) in [5, 5.41) is 0. The van der Waals surface area contributed by atoms with Crippen molar-refractivity contribution in [3.63, 3.8) is 0 Å². The van der Waals surface area contributed by atoms with Gasteiger partial charge in [-0.05, 0) is 65.3 Å². The lowest BCUT2D eigenvalue weighted by Crippen LogP contribution is -2.06. The summed E-state index contributed by atoms with van der Waals surface area (Å²) >= 11 is 0. The molecule has 33 heavy (non-hydrogen) atoms. The van der Waals surface area contributed by atoms with E-state index in [1.807, 2.05) is 0 Å². The SMILES string of the molecule is C#CCCCCCCOc1ccc(-c2ccc(-c3ccc(OC[C@@H](C)CC)cc3)cc2)cc1. The minimum Gasteiger partial charge on any atom is -0.494 e. The molecule has 0 fully saturated rings. The Morgan fingerprint density at radius 1 is 0.667 bits per heavy atom. The second-order valence-corrected chi connectivity index (χ2v) is 8.67. The van der Waals surface area contributed by atoms with Gasteiger partial charge in [0, 0.05) is 6.42 Å². The van der Waals surface area contributed by atoms with Gasteiger partial charge in [0.05, 0.1) is 13.2 Å². The third kappa shape index (κ3) is 8.03. The Hall–Kier alpha value is -3.18. The van der Waals surface area contributed by atoms with Crippen LogP contribution in [-0.2, 0) is 0 Å². The monoisotopic (exact) mass is 440 g/mol. The number of benzene rings is 3. The number of hydrogen-bond acceptors (Lipinski definition) is 2. The van der Waals surface area contributed by atoms with Gasteiger partial charge in [-0.1, -0.05) is 81.6 Å². The molecule has 0 bridgehead atoms. The zero-order valence-electron chi connectivity index (χ0n) is 20.1. The maximum absolute atomic E-state index is 5.88. The fourth-order valence-corrected chi connectivity index (χ4v) is 3.57. The average Bonchev–Trinajstić information content (AvgIpc) is 2.87. The lowest BCUT2D eigenvalue weighted by atomic mass is 10.0. The Morgan fingerprint density at radius 3 is 1.61 bits per heavy atom. The van der Waals surface area contributed by atoms with Crippen molar-refractivity contribution in [3.05, 3.63) is 72.8 Å². The highest BCUT2D eigenvalue weighted by molar-refractivity contribution is 5.71. The number of unbranched alkanes of at least 4 members (excludes halogenated alkanes) is 4. The molecule has 0 radical (unpaired) electrons. The first-order valence-corrected chi connectivity index (χ1v) is 12.2. The van der Waals surface area contributed by atoms with E-state index in [1.54, 1.807) is 0 Å². The Kier molecular flexibility index (Phi) is 9.92. The van der Waals surface area contributed by atoms with Crippen LogP contribution in [0.5, 0.6) is 11.5 Å². The first-order valence-electron chi connectivity index (χ1n) is 12.2. The summed E-state index contributed by atoms with van der Waals surface area (Å²) in [4.78, 5) is 0. The van der Waals surface area contributed by atoms with Crippen LogP contribution in [-0.4, -0.2) is 13.2 Å². The lowest BCUT2D eigenvalue weighted by Gasteiger charge is -2.11. The summed E-state index contributed by atoms with van der Waals surface area (Å²) in [7, 11) is 0. The summed E-state index contributed by atoms with van der Waals surface area (Å²) < 4.78 is 11.7. The fraction of sp³-hybridized carbons (Fsp3) is 0.355. The van der Waals surface area contributed by atoms with E-state index in [1.165, 1.54) is 35.1 Å². The van der Waals surface area contributed by atoms with Crippen LogP contribution < -0.4 is 9.47 Å². The third-order valence-corrected chi connectivity index (χ3v) is 5.98. The van der Waals surface area contributed by atoms with E-state index < -0.39 is 0 Å². The molecule has 2 nitrogen and oxygen atoms in total. The Balaban J connectivity index is 1.50. The molecule has 0 amide bonds. The summed E-state index contributed by atoms with van der Waals surface area (Å²) in [6.07, 6.45) is 11.8. The van der Waals surface area contributed by atoms with Gasteiger partial charge in [-0.3, -0.25) is 0 Å². The molecule has 0 saturated heterocycles. The van der Waals surface area contributed by atoms with E-state index in [9.17, 15) is 0 Å². The van der Waals surface area contributed by atoms with Gasteiger partial charge in [0.1, 0.15) is 11.5 Å². The van der Waals surface area contributed by atoms with Crippen LogP contribution in [0.4, 0.5) is 0 Å². The summed E-state index contributed by atoms with van der Waals surface area (Å²) in [5.41, 5.74) is 4.79. The van der Waals surface area contributed by atoms with Crippen molar-refractivity contribution >= 4 is 0 Å². The molecular weight excluding hydrogens is 404 g/mol. The largest absolute Gasteiger partial charge is 0.494 e. The molecule has 3 aromatic rings. The van der Waals surface area contributed by atoms with Crippen LogP contribution in [0.2, 0.25) is 0 Å². The van der Waals surface area contributed by atoms with Gasteiger partial charge >= 0.3 is 0 Å². The maximum atomic E-state index is 5.88. The molecule has 0 saturated carbocycles. The van der Waals surface area contributed by atoms with Gasteiger partial charge in [0.15, 0.2) is 0 Å². The van der Waals surface area contributed by atoms with Gasteiger partial charge in [0.2, 0.25) is 0 Å². The maximum Gasteiger partial charge on any atom is 0.119 e. The van der Waals surface area contributed by atoms with E-state index in [4.69, 9.17) is 15.9 Å².